The van der Waals surface area contributed by atoms with E-state index in [1.807, 2.05) is 6.07 Å². The number of piperidine rings is 1. The summed E-state index contributed by atoms with van der Waals surface area (Å²) < 4.78 is 26.1. The highest BCUT2D eigenvalue weighted by Crippen LogP contribution is 2.23. The van der Waals surface area contributed by atoms with Crippen LogP contribution in [0.1, 0.15) is 12.8 Å². The van der Waals surface area contributed by atoms with Crippen molar-refractivity contribution < 1.29 is 8.42 Å². The summed E-state index contributed by atoms with van der Waals surface area (Å²) >= 11 is 6.56. The standard InChI is InChI=1S/C12H19BrN4O2S.C5H6BrN3/c1-20(18,19)17-4-2-9(3-5-17)7-15-11-6-10(13)8-16-12(11)14;6-3-1-4(7)5(8)9-2-3/h6,8-9,15H,2-5,7H2,1H3,(H2,14,16);1-2H,7H2,(H2,8,9). The number of nitrogen functional groups attached to an aromatic ring is 3. The van der Waals surface area contributed by atoms with Crippen LogP contribution in [0.5, 0.6) is 0 Å². The summed E-state index contributed by atoms with van der Waals surface area (Å²) in [6.45, 7) is 1.97. The number of anilines is 4. The molecular formula is C17H25Br2N7O2S. The Morgan fingerprint density at radius 2 is 1.62 bits per heavy atom. The number of halogens is 2. The van der Waals surface area contributed by atoms with Crippen molar-refractivity contribution in [1.82, 2.24) is 14.3 Å². The summed E-state index contributed by atoms with van der Waals surface area (Å²) in [4.78, 5) is 7.85. The van der Waals surface area contributed by atoms with Crippen molar-refractivity contribution in [1.29, 1.82) is 0 Å². The number of nitrogens with one attached hydrogen (secondary N) is 1. The maximum absolute atomic E-state index is 11.4. The molecule has 0 unspecified atom stereocenters. The van der Waals surface area contributed by atoms with Gasteiger partial charge < -0.3 is 22.5 Å². The molecule has 0 radical (unpaired) electrons. The first-order valence-electron chi connectivity index (χ1n) is 8.82. The second-order valence-corrected chi connectivity index (χ2v) is 10.5. The van der Waals surface area contributed by atoms with Crippen molar-refractivity contribution in [2.24, 2.45) is 5.92 Å². The molecule has 0 amide bonds. The van der Waals surface area contributed by atoms with Crippen LogP contribution >= 0.6 is 31.9 Å². The first-order chi connectivity index (χ1) is 13.6. The summed E-state index contributed by atoms with van der Waals surface area (Å²) in [5, 5.41) is 3.29. The molecule has 0 atom stereocenters. The second-order valence-electron chi connectivity index (χ2n) is 6.70. The molecular weight excluding hydrogens is 526 g/mol. The molecule has 160 valence electrons. The lowest BCUT2D eigenvalue weighted by atomic mass is 9.98. The van der Waals surface area contributed by atoms with Gasteiger partial charge in [0.15, 0.2) is 0 Å². The van der Waals surface area contributed by atoms with E-state index in [2.05, 4.69) is 47.1 Å². The van der Waals surface area contributed by atoms with Gasteiger partial charge in [-0.25, -0.2) is 22.7 Å². The Bertz CT molecular complexity index is 935. The zero-order chi connectivity index (χ0) is 21.6. The predicted molar refractivity (Wildman–Crippen MR) is 125 cm³/mol. The second kappa shape index (κ2) is 10.4. The lowest BCUT2D eigenvalue weighted by molar-refractivity contribution is 0.283. The fourth-order valence-corrected chi connectivity index (χ4v) is 4.31. The number of aromatic nitrogens is 2. The maximum Gasteiger partial charge on any atom is 0.211 e. The van der Waals surface area contributed by atoms with Crippen LogP contribution in [0.2, 0.25) is 0 Å². The topological polar surface area (TPSA) is 153 Å². The molecule has 1 aliphatic heterocycles. The van der Waals surface area contributed by atoms with Gasteiger partial charge >= 0.3 is 0 Å². The van der Waals surface area contributed by atoms with Gasteiger partial charge in [0.25, 0.3) is 0 Å². The predicted octanol–water partition coefficient (Wildman–Crippen LogP) is 2.52. The van der Waals surface area contributed by atoms with Crippen LogP contribution in [0, 0.1) is 5.92 Å². The van der Waals surface area contributed by atoms with Crippen LogP contribution in [0.25, 0.3) is 0 Å². The summed E-state index contributed by atoms with van der Waals surface area (Å²) in [5.74, 6) is 1.30. The van der Waals surface area contributed by atoms with E-state index in [4.69, 9.17) is 17.2 Å². The van der Waals surface area contributed by atoms with E-state index in [-0.39, 0.29) is 0 Å². The molecule has 0 aromatic carbocycles. The van der Waals surface area contributed by atoms with E-state index in [0.29, 0.717) is 36.3 Å². The Morgan fingerprint density at radius 1 is 1.07 bits per heavy atom. The third kappa shape index (κ3) is 7.61. The third-order valence-electron chi connectivity index (χ3n) is 4.42. The minimum atomic E-state index is -3.05. The number of rotatable bonds is 4. The van der Waals surface area contributed by atoms with Crippen molar-refractivity contribution in [2.45, 2.75) is 12.8 Å². The molecule has 0 spiro atoms. The normalized spacial score (nSPS) is 15.4. The molecule has 3 rings (SSSR count). The largest absolute Gasteiger partial charge is 0.396 e. The smallest absolute Gasteiger partial charge is 0.211 e. The Labute approximate surface area is 187 Å². The van der Waals surface area contributed by atoms with Crippen LogP contribution in [0.4, 0.5) is 23.0 Å². The highest BCUT2D eigenvalue weighted by molar-refractivity contribution is 9.10. The van der Waals surface area contributed by atoms with Crippen molar-refractivity contribution in [3.05, 3.63) is 33.5 Å². The van der Waals surface area contributed by atoms with Gasteiger partial charge in [-0.2, -0.15) is 0 Å². The van der Waals surface area contributed by atoms with E-state index >= 15 is 0 Å². The van der Waals surface area contributed by atoms with Crippen molar-refractivity contribution in [3.8, 4) is 0 Å². The van der Waals surface area contributed by atoms with Crippen molar-refractivity contribution >= 4 is 64.9 Å². The quantitative estimate of drug-likeness (QED) is 0.453. The van der Waals surface area contributed by atoms with Gasteiger partial charge in [0.05, 0.1) is 17.6 Å². The zero-order valence-electron chi connectivity index (χ0n) is 16.0. The molecule has 0 saturated carbocycles. The Hall–Kier alpha value is -1.63. The van der Waals surface area contributed by atoms with Crippen LogP contribution < -0.4 is 22.5 Å². The Balaban J connectivity index is 0.000000278. The molecule has 1 aliphatic rings. The monoisotopic (exact) mass is 549 g/mol. The van der Waals surface area contributed by atoms with Gasteiger partial charge in [-0.05, 0) is 62.8 Å². The Morgan fingerprint density at radius 3 is 2.14 bits per heavy atom. The highest BCUT2D eigenvalue weighted by atomic mass is 79.9. The van der Waals surface area contributed by atoms with E-state index in [9.17, 15) is 8.42 Å². The minimum absolute atomic E-state index is 0.373. The molecule has 0 bridgehead atoms. The van der Waals surface area contributed by atoms with E-state index in [1.165, 1.54) is 6.26 Å². The lowest BCUT2D eigenvalue weighted by Crippen LogP contribution is -2.39. The van der Waals surface area contributed by atoms with Crippen LogP contribution in [-0.4, -0.2) is 48.6 Å². The lowest BCUT2D eigenvalue weighted by Gasteiger charge is -2.30. The zero-order valence-corrected chi connectivity index (χ0v) is 20.0. The average Bonchev–Trinajstić information content (AvgIpc) is 2.66. The molecule has 9 nitrogen and oxygen atoms in total. The summed E-state index contributed by atoms with van der Waals surface area (Å²) in [5.41, 5.74) is 17.9. The van der Waals surface area contributed by atoms with Gasteiger partial charge in [-0.3, -0.25) is 0 Å². The number of hydrogen-bond donors (Lipinski definition) is 4. The van der Waals surface area contributed by atoms with Crippen LogP contribution in [0.15, 0.2) is 33.5 Å². The van der Waals surface area contributed by atoms with Crippen LogP contribution in [0.3, 0.4) is 0 Å². The van der Waals surface area contributed by atoms with Gasteiger partial charge in [-0.15, -0.1) is 0 Å². The molecule has 1 fully saturated rings. The molecule has 2 aromatic heterocycles. The summed E-state index contributed by atoms with van der Waals surface area (Å²) in [6.07, 6.45) is 6.25. The van der Waals surface area contributed by atoms with E-state index in [0.717, 1.165) is 34.0 Å². The van der Waals surface area contributed by atoms with Gasteiger partial charge in [0, 0.05) is 41.0 Å². The molecule has 7 N–H and O–H groups in total. The van der Waals surface area contributed by atoms with Gasteiger partial charge in [-0.1, -0.05) is 0 Å². The number of nitrogens with zero attached hydrogens (tertiary/aromatic N) is 3. The molecule has 1 saturated heterocycles. The van der Waals surface area contributed by atoms with Crippen molar-refractivity contribution in [2.75, 3.05) is 48.4 Å². The molecule has 2 aromatic rings. The number of sulfonamides is 1. The van der Waals surface area contributed by atoms with Gasteiger partial charge in [0.2, 0.25) is 10.0 Å². The van der Waals surface area contributed by atoms with Crippen LogP contribution in [-0.2, 0) is 10.0 Å². The number of nitrogens with two attached hydrogens (primary N) is 3. The summed E-state index contributed by atoms with van der Waals surface area (Å²) in [6, 6.07) is 3.61. The number of pyridine rings is 2. The van der Waals surface area contributed by atoms with E-state index < -0.39 is 10.0 Å². The number of hydrogen-bond acceptors (Lipinski definition) is 8. The third-order valence-corrected chi connectivity index (χ3v) is 6.60. The van der Waals surface area contributed by atoms with Crippen molar-refractivity contribution in [3.63, 3.8) is 0 Å². The molecule has 29 heavy (non-hydrogen) atoms. The highest BCUT2D eigenvalue weighted by Gasteiger charge is 2.24. The SMILES string of the molecule is CS(=O)(=O)N1CCC(CNc2cc(Br)cnc2N)CC1.Nc1cc(Br)cnc1N. The summed E-state index contributed by atoms with van der Waals surface area (Å²) in [7, 11) is -3.05. The van der Waals surface area contributed by atoms with E-state index in [1.54, 1.807) is 22.8 Å². The minimum Gasteiger partial charge on any atom is -0.396 e. The molecule has 0 aliphatic carbocycles. The first-order valence-corrected chi connectivity index (χ1v) is 12.3. The molecule has 12 heteroatoms. The first kappa shape index (κ1) is 23.6. The maximum atomic E-state index is 11.4. The average molecular weight is 551 g/mol. The fraction of sp³-hybridized carbons (Fsp3) is 0.412. The Kier molecular flexibility index (Phi) is 8.49. The van der Waals surface area contributed by atoms with Gasteiger partial charge in [0.1, 0.15) is 11.6 Å². The fourth-order valence-electron chi connectivity index (χ4n) is 2.76. The molecule has 3 heterocycles.